The van der Waals surface area contributed by atoms with Gasteiger partial charge in [0.2, 0.25) is 5.91 Å². The molecule has 0 radical (unpaired) electrons. The second kappa shape index (κ2) is 17.3. The van der Waals surface area contributed by atoms with Gasteiger partial charge in [-0.1, -0.05) is 42.5 Å². The normalized spacial score (nSPS) is 16.2. The Bertz CT molecular complexity index is 1380. The minimum atomic E-state index is -0.942. The molecule has 45 heavy (non-hydrogen) atoms. The number of aryl methyl sites for hydroxylation is 1. The van der Waals surface area contributed by atoms with Crippen molar-refractivity contribution in [2.45, 2.75) is 51.9 Å². The van der Waals surface area contributed by atoms with Crippen LogP contribution in [-0.2, 0) is 27.5 Å². The van der Waals surface area contributed by atoms with E-state index in [0.29, 0.717) is 59.1 Å². The van der Waals surface area contributed by atoms with Gasteiger partial charge in [0, 0.05) is 31.4 Å². The number of piperidine rings is 1. The van der Waals surface area contributed by atoms with Crippen LogP contribution in [0.2, 0.25) is 0 Å². The van der Waals surface area contributed by atoms with Gasteiger partial charge in [-0.3, -0.25) is 4.79 Å². The highest BCUT2D eigenvalue weighted by atomic mass is 16.5. The third-order valence-electron chi connectivity index (χ3n) is 7.74. The van der Waals surface area contributed by atoms with Crippen molar-refractivity contribution < 1.29 is 38.4 Å². The Labute approximate surface area is 265 Å². The molecule has 2 unspecified atom stereocenters. The molecule has 0 spiro atoms. The Morgan fingerprint density at radius 2 is 1.76 bits per heavy atom. The number of rotatable bonds is 16. The Morgan fingerprint density at radius 3 is 2.51 bits per heavy atom. The van der Waals surface area contributed by atoms with E-state index in [0.717, 1.165) is 45.9 Å². The molecule has 3 aromatic rings. The maximum absolute atomic E-state index is 11.8. The average molecular weight is 621 g/mol. The SMILES string of the molecule is COc1ccccc1COCCCOc1ccc(C2CCN(C(=O)O)CC2OCc2ccc(C)c(OCCNC(C)=O)c2)cc1. The molecule has 10 heteroatoms. The fraction of sp³-hybridized carbons (Fsp3) is 0.429. The van der Waals surface area contributed by atoms with Crippen LogP contribution in [0.15, 0.2) is 66.7 Å². The van der Waals surface area contributed by atoms with Crippen LogP contribution in [0.5, 0.6) is 17.2 Å². The number of likely N-dealkylation sites (tertiary alicyclic amines) is 1. The Balaban J connectivity index is 1.28. The van der Waals surface area contributed by atoms with E-state index in [1.165, 1.54) is 11.8 Å². The standard InChI is InChI=1S/C35H44N2O8/c1-25-9-10-27(21-33(25)44-20-16-36-26(2)38)23-45-34-22-37(35(39)40)17-15-31(34)28-11-13-30(14-12-28)43-19-6-18-42-24-29-7-4-5-8-32(29)41-3/h4-5,7-14,21,31,34H,6,15-20,22-24H2,1-3H3,(H,36,38)(H,39,40). The lowest BCUT2D eigenvalue weighted by Crippen LogP contribution is -2.46. The van der Waals surface area contributed by atoms with E-state index in [4.69, 9.17) is 23.7 Å². The molecule has 10 nitrogen and oxygen atoms in total. The van der Waals surface area contributed by atoms with Gasteiger partial charge < -0.3 is 39.0 Å². The molecule has 1 aliphatic heterocycles. The smallest absolute Gasteiger partial charge is 0.407 e. The lowest BCUT2D eigenvalue weighted by Gasteiger charge is -2.37. The number of nitrogens with one attached hydrogen (secondary N) is 1. The molecule has 1 heterocycles. The zero-order chi connectivity index (χ0) is 32.0. The summed E-state index contributed by atoms with van der Waals surface area (Å²) in [4.78, 5) is 24.3. The molecule has 0 bridgehead atoms. The monoisotopic (exact) mass is 620 g/mol. The number of ether oxygens (including phenoxy) is 5. The molecule has 2 amide bonds. The van der Waals surface area contributed by atoms with Crippen molar-refractivity contribution >= 4 is 12.0 Å². The maximum Gasteiger partial charge on any atom is 0.407 e. The molecule has 4 rings (SSSR count). The van der Waals surface area contributed by atoms with Crippen LogP contribution in [0.3, 0.4) is 0 Å². The summed E-state index contributed by atoms with van der Waals surface area (Å²) in [6, 6.07) is 21.7. The largest absolute Gasteiger partial charge is 0.496 e. The zero-order valence-corrected chi connectivity index (χ0v) is 26.3. The maximum atomic E-state index is 11.8. The topological polar surface area (TPSA) is 116 Å². The van der Waals surface area contributed by atoms with Gasteiger partial charge in [-0.2, -0.15) is 0 Å². The number of para-hydroxylation sites is 1. The predicted octanol–water partition coefficient (Wildman–Crippen LogP) is 5.56. The molecule has 0 aromatic heterocycles. The number of hydrogen-bond acceptors (Lipinski definition) is 7. The van der Waals surface area contributed by atoms with E-state index in [9.17, 15) is 14.7 Å². The van der Waals surface area contributed by atoms with Crippen molar-refractivity contribution in [2.75, 3.05) is 46.6 Å². The summed E-state index contributed by atoms with van der Waals surface area (Å²) >= 11 is 0. The molecule has 2 N–H and O–H groups in total. The van der Waals surface area contributed by atoms with Crippen LogP contribution in [0.1, 0.15) is 47.9 Å². The molecule has 2 atom stereocenters. The van der Waals surface area contributed by atoms with E-state index in [1.54, 1.807) is 7.11 Å². The van der Waals surface area contributed by atoms with Crippen molar-refractivity contribution in [3.63, 3.8) is 0 Å². The molecule has 1 fully saturated rings. The van der Waals surface area contributed by atoms with Crippen LogP contribution in [0.4, 0.5) is 4.79 Å². The molecular weight excluding hydrogens is 576 g/mol. The molecule has 242 valence electrons. The van der Waals surface area contributed by atoms with Crippen LogP contribution in [0.25, 0.3) is 0 Å². The van der Waals surface area contributed by atoms with Crippen LogP contribution < -0.4 is 19.5 Å². The number of hydrogen-bond donors (Lipinski definition) is 2. The molecule has 0 saturated carbocycles. The van der Waals surface area contributed by atoms with Gasteiger partial charge in [0.1, 0.15) is 23.9 Å². The number of methoxy groups -OCH3 is 1. The summed E-state index contributed by atoms with van der Waals surface area (Å²) in [5.41, 5.74) is 4.01. The first-order valence-electron chi connectivity index (χ1n) is 15.3. The van der Waals surface area contributed by atoms with Crippen LogP contribution in [0, 0.1) is 6.92 Å². The summed E-state index contributed by atoms with van der Waals surface area (Å²) in [6.07, 6.45) is 0.156. The van der Waals surface area contributed by atoms with Gasteiger partial charge in [0.15, 0.2) is 0 Å². The van der Waals surface area contributed by atoms with E-state index in [-0.39, 0.29) is 17.9 Å². The molecule has 0 aliphatic carbocycles. The first-order valence-corrected chi connectivity index (χ1v) is 15.3. The Hall–Kier alpha value is -4.28. The van der Waals surface area contributed by atoms with Crippen LogP contribution in [-0.4, -0.2) is 74.7 Å². The van der Waals surface area contributed by atoms with Crippen molar-refractivity contribution in [2.24, 2.45) is 0 Å². The lowest BCUT2D eigenvalue weighted by molar-refractivity contribution is -0.119. The van der Waals surface area contributed by atoms with Crippen molar-refractivity contribution in [3.05, 3.63) is 89.0 Å². The summed E-state index contributed by atoms with van der Waals surface area (Å²) in [5, 5.41) is 12.4. The van der Waals surface area contributed by atoms with E-state index >= 15 is 0 Å². The quantitative estimate of drug-likeness (QED) is 0.200. The van der Waals surface area contributed by atoms with Gasteiger partial charge >= 0.3 is 6.09 Å². The van der Waals surface area contributed by atoms with E-state index in [1.807, 2.05) is 73.7 Å². The number of amides is 2. The second-order valence-electron chi connectivity index (χ2n) is 11.0. The minimum absolute atomic E-state index is 0.0388. The first-order chi connectivity index (χ1) is 21.8. The van der Waals surface area contributed by atoms with E-state index < -0.39 is 6.09 Å². The number of carboxylic acid groups (broad SMARTS) is 1. The Kier molecular flexibility index (Phi) is 12.9. The van der Waals surface area contributed by atoms with E-state index in [2.05, 4.69) is 5.32 Å². The highest BCUT2D eigenvalue weighted by Gasteiger charge is 2.33. The van der Waals surface area contributed by atoms with Gasteiger partial charge in [0.25, 0.3) is 0 Å². The van der Waals surface area contributed by atoms with Crippen molar-refractivity contribution in [1.82, 2.24) is 10.2 Å². The van der Waals surface area contributed by atoms with Crippen molar-refractivity contribution in [3.8, 4) is 17.2 Å². The number of benzene rings is 3. The summed E-state index contributed by atoms with van der Waals surface area (Å²) in [5.74, 6) is 2.26. The number of carbonyl (C=O) groups excluding carboxylic acids is 1. The summed E-state index contributed by atoms with van der Waals surface area (Å²) in [7, 11) is 1.65. The molecule has 3 aromatic carbocycles. The van der Waals surface area contributed by atoms with Crippen molar-refractivity contribution in [1.29, 1.82) is 0 Å². The fourth-order valence-electron chi connectivity index (χ4n) is 5.29. The second-order valence-corrected chi connectivity index (χ2v) is 11.0. The summed E-state index contributed by atoms with van der Waals surface area (Å²) < 4.78 is 29.3. The predicted molar refractivity (Wildman–Crippen MR) is 170 cm³/mol. The number of carbonyl (C=O) groups is 2. The van der Waals surface area contributed by atoms with Gasteiger partial charge in [-0.05, 0) is 54.3 Å². The van der Waals surface area contributed by atoms with Gasteiger partial charge in [0.05, 0.1) is 52.7 Å². The highest BCUT2D eigenvalue weighted by Crippen LogP contribution is 2.33. The average Bonchev–Trinajstić information content (AvgIpc) is 3.05. The molecule has 1 saturated heterocycles. The van der Waals surface area contributed by atoms with Gasteiger partial charge in [-0.15, -0.1) is 0 Å². The van der Waals surface area contributed by atoms with Crippen LogP contribution >= 0.6 is 0 Å². The minimum Gasteiger partial charge on any atom is -0.496 e. The zero-order valence-electron chi connectivity index (χ0n) is 26.3. The molecular formula is C35H44N2O8. The third-order valence-corrected chi connectivity index (χ3v) is 7.74. The highest BCUT2D eigenvalue weighted by molar-refractivity contribution is 5.72. The molecule has 1 aliphatic rings. The fourth-order valence-corrected chi connectivity index (χ4v) is 5.29. The lowest BCUT2D eigenvalue weighted by atomic mass is 9.87. The Morgan fingerprint density at radius 1 is 0.956 bits per heavy atom. The number of nitrogens with zero attached hydrogens (tertiary/aromatic N) is 1. The third kappa shape index (κ3) is 10.4. The van der Waals surface area contributed by atoms with Gasteiger partial charge in [-0.25, -0.2) is 4.79 Å². The summed E-state index contributed by atoms with van der Waals surface area (Å²) in [6.45, 7) is 6.87. The first kappa shape index (κ1) is 33.6.